The number of Topliss-reactive ketones (excluding diaryl/α,β-unsaturated/α-hetero) is 1. The van der Waals surface area contributed by atoms with Gasteiger partial charge >= 0.3 is 0 Å². The molecule has 3 aromatic carbocycles. The highest BCUT2D eigenvalue weighted by atomic mass is 16.3. The fourth-order valence-electron chi connectivity index (χ4n) is 3.36. The summed E-state index contributed by atoms with van der Waals surface area (Å²) in [4.78, 5) is 37.7. The summed E-state index contributed by atoms with van der Waals surface area (Å²) in [6.07, 6.45) is 0. The largest absolute Gasteiger partial charge is 0.494 e. The smallest absolute Gasteiger partial charge is 0.265 e. The lowest BCUT2D eigenvalue weighted by Gasteiger charge is -2.16. The monoisotopic (exact) mass is 398 g/mol. The highest BCUT2D eigenvalue weighted by Crippen LogP contribution is 2.28. The zero-order chi connectivity index (χ0) is 21.3. The first-order chi connectivity index (χ1) is 14.5. The van der Waals surface area contributed by atoms with E-state index in [0.29, 0.717) is 27.7 Å². The molecule has 0 saturated heterocycles. The summed E-state index contributed by atoms with van der Waals surface area (Å²) in [5, 5.41) is 14.4. The molecule has 1 aromatic heterocycles. The molecule has 0 aliphatic carbocycles. The molecule has 0 saturated carbocycles. The van der Waals surface area contributed by atoms with Crippen LogP contribution in [-0.2, 0) is 0 Å². The zero-order valence-corrected chi connectivity index (χ0v) is 16.1. The first-order valence-electron chi connectivity index (χ1n) is 9.32. The van der Waals surface area contributed by atoms with E-state index in [-0.39, 0.29) is 11.3 Å². The molecule has 0 radical (unpaired) electrons. The van der Waals surface area contributed by atoms with Crippen LogP contribution >= 0.6 is 0 Å². The van der Waals surface area contributed by atoms with Crippen molar-refractivity contribution >= 4 is 28.2 Å². The number of aromatic hydroxyl groups is 1. The number of rotatable bonds is 4. The van der Waals surface area contributed by atoms with Gasteiger partial charge in [-0.15, -0.1) is 0 Å². The van der Waals surface area contributed by atoms with Crippen LogP contribution in [0.3, 0.4) is 0 Å². The van der Waals surface area contributed by atoms with E-state index in [0.717, 1.165) is 4.57 Å². The molecule has 0 fully saturated rings. The molecule has 30 heavy (non-hydrogen) atoms. The maximum absolute atomic E-state index is 13.1. The van der Waals surface area contributed by atoms with Gasteiger partial charge in [-0.25, -0.2) is 4.57 Å². The second-order valence-electron chi connectivity index (χ2n) is 6.81. The van der Waals surface area contributed by atoms with Crippen LogP contribution in [0.5, 0.6) is 5.88 Å². The van der Waals surface area contributed by atoms with Crippen molar-refractivity contribution in [3.8, 4) is 11.6 Å². The predicted octanol–water partition coefficient (Wildman–Crippen LogP) is 4.15. The minimum Gasteiger partial charge on any atom is -0.494 e. The Bertz CT molecular complexity index is 1320. The van der Waals surface area contributed by atoms with Crippen LogP contribution in [0.2, 0.25) is 0 Å². The number of benzene rings is 3. The van der Waals surface area contributed by atoms with E-state index in [9.17, 15) is 19.5 Å². The minimum atomic E-state index is -0.538. The van der Waals surface area contributed by atoms with Crippen molar-refractivity contribution in [2.75, 3.05) is 5.32 Å². The van der Waals surface area contributed by atoms with Gasteiger partial charge < -0.3 is 10.4 Å². The number of hydrogen-bond donors (Lipinski definition) is 2. The molecule has 0 bridgehead atoms. The number of pyridine rings is 1. The average Bonchev–Trinajstić information content (AvgIpc) is 2.75. The second kappa shape index (κ2) is 7.67. The Morgan fingerprint density at radius 2 is 1.43 bits per heavy atom. The van der Waals surface area contributed by atoms with Gasteiger partial charge in [0.05, 0.1) is 5.69 Å². The molecular weight excluding hydrogens is 380 g/mol. The van der Waals surface area contributed by atoms with E-state index < -0.39 is 17.3 Å². The van der Waals surface area contributed by atoms with Gasteiger partial charge in [0.2, 0.25) is 5.88 Å². The molecule has 0 unspecified atom stereocenters. The molecular formula is C24H18N2O4. The fourth-order valence-corrected chi connectivity index (χ4v) is 3.36. The molecule has 1 amide bonds. The molecule has 4 rings (SSSR count). The van der Waals surface area contributed by atoms with Crippen molar-refractivity contribution < 1.29 is 14.7 Å². The lowest BCUT2D eigenvalue weighted by atomic mass is 10.0. The van der Waals surface area contributed by atoms with Gasteiger partial charge in [-0.05, 0) is 49.4 Å². The Morgan fingerprint density at radius 3 is 2.07 bits per heavy atom. The van der Waals surface area contributed by atoms with E-state index in [1.54, 1.807) is 72.8 Å². The van der Waals surface area contributed by atoms with Crippen molar-refractivity contribution in [1.82, 2.24) is 4.57 Å². The van der Waals surface area contributed by atoms with E-state index in [2.05, 4.69) is 5.32 Å². The van der Waals surface area contributed by atoms with Crippen molar-refractivity contribution in [2.45, 2.75) is 6.92 Å². The summed E-state index contributed by atoms with van der Waals surface area (Å²) in [5.41, 5.74) is 0.922. The zero-order valence-electron chi connectivity index (χ0n) is 16.1. The van der Waals surface area contributed by atoms with Gasteiger partial charge in [0.25, 0.3) is 11.5 Å². The number of fused-ring (bicyclic) bond motifs is 1. The number of carbonyl (C=O) groups is 2. The first-order valence-corrected chi connectivity index (χ1v) is 9.32. The number of para-hydroxylation sites is 1. The summed E-state index contributed by atoms with van der Waals surface area (Å²) in [7, 11) is 0. The first kappa shape index (κ1) is 19.1. The van der Waals surface area contributed by atoms with Crippen molar-refractivity contribution in [1.29, 1.82) is 0 Å². The number of nitrogens with zero attached hydrogens (tertiary/aromatic N) is 1. The summed E-state index contributed by atoms with van der Waals surface area (Å²) in [6.45, 7) is 1.45. The van der Waals surface area contributed by atoms with Crippen molar-refractivity contribution in [2.24, 2.45) is 0 Å². The van der Waals surface area contributed by atoms with Crippen LogP contribution in [0.4, 0.5) is 5.69 Å². The number of nitrogens with one attached hydrogen (secondary N) is 1. The maximum Gasteiger partial charge on any atom is 0.265 e. The second-order valence-corrected chi connectivity index (χ2v) is 6.81. The Labute approximate surface area is 172 Å². The molecule has 6 nitrogen and oxygen atoms in total. The molecule has 0 atom stereocenters. The molecule has 0 spiro atoms. The van der Waals surface area contributed by atoms with Crippen LogP contribution in [0.25, 0.3) is 16.5 Å². The normalized spacial score (nSPS) is 10.7. The Hall–Kier alpha value is -4.19. The Kier molecular flexibility index (Phi) is 4.90. The van der Waals surface area contributed by atoms with Gasteiger partial charge in [-0.3, -0.25) is 14.4 Å². The predicted molar refractivity (Wildman–Crippen MR) is 116 cm³/mol. The third-order valence-electron chi connectivity index (χ3n) is 4.86. The summed E-state index contributed by atoms with van der Waals surface area (Å²) < 4.78 is 1.08. The number of hydrogen-bond acceptors (Lipinski definition) is 4. The maximum atomic E-state index is 13.1. The van der Waals surface area contributed by atoms with Gasteiger partial charge in [0.1, 0.15) is 5.56 Å². The van der Waals surface area contributed by atoms with E-state index in [1.165, 1.54) is 6.92 Å². The number of carbonyl (C=O) groups excluding carboxylic acids is 2. The minimum absolute atomic E-state index is 0.00954. The molecule has 4 aromatic rings. The van der Waals surface area contributed by atoms with Crippen LogP contribution in [0.1, 0.15) is 27.6 Å². The van der Waals surface area contributed by atoms with E-state index >= 15 is 0 Å². The van der Waals surface area contributed by atoms with Crippen LogP contribution in [0.15, 0.2) is 83.7 Å². The van der Waals surface area contributed by atoms with E-state index in [4.69, 9.17) is 0 Å². The Balaban J connectivity index is 1.93. The molecule has 0 aliphatic rings. The summed E-state index contributed by atoms with van der Waals surface area (Å²) >= 11 is 0. The van der Waals surface area contributed by atoms with Gasteiger partial charge in [-0.1, -0.05) is 36.4 Å². The molecule has 1 heterocycles. The van der Waals surface area contributed by atoms with E-state index in [1.807, 2.05) is 6.07 Å². The number of amides is 1. The molecule has 148 valence electrons. The lowest BCUT2D eigenvalue weighted by Crippen LogP contribution is -2.23. The highest BCUT2D eigenvalue weighted by Gasteiger charge is 2.22. The summed E-state index contributed by atoms with van der Waals surface area (Å²) in [5.74, 6) is -1.12. The standard InChI is InChI=1S/C24H18N2O4/c1-15(27)16-11-13-18(14-12-16)26-23(29)20-10-6-5-9-19(20)21(24(26)30)22(28)25-17-7-3-2-4-8-17/h2-14,30H,1H3,(H,25,28). The number of anilines is 1. The third-order valence-corrected chi connectivity index (χ3v) is 4.86. The third kappa shape index (κ3) is 3.35. The average molecular weight is 398 g/mol. The Morgan fingerprint density at radius 1 is 0.833 bits per heavy atom. The van der Waals surface area contributed by atoms with Gasteiger partial charge in [0.15, 0.2) is 5.78 Å². The quantitative estimate of drug-likeness (QED) is 0.506. The van der Waals surface area contributed by atoms with Crippen LogP contribution in [0, 0.1) is 0 Å². The van der Waals surface area contributed by atoms with Gasteiger partial charge in [-0.2, -0.15) is 0 Å². The number of ketones is 1. The highest BCUT2D eigenvalue weighted by molar-refractivity contribution is 6.14. The number of aromatic nitrogens is 1. The molecule has 0 aliphatic heterocycles. The van der Waals surface area contributed by atoms with Crippen molar-refractivity contribution in [3.63, 3.8) is 0 Å². The summed E-state index contributed by atoms with van der Waals surface area (Å²) in [6, 6.07) is 21.7. The topological polar surface area (TPSA) is 88.4 Å². The lowest BCUT2D eigenvalue weighted by molar-refractivity contribution is 0.101. The molecule has 6 heteroatoms. The fraction of sp³-hybridized carbons (Fsp3) is 0.0417. The van der Waals surface area contributed by atoms with Crippen molar-refractivity contribution in [3.05, 3.63) is 100 Å². The van der Waals surface area contributed by atoms with Crippen LogP contribution in [-0.4, -0.2) is 21.4 Å². The SMILES string of the molecule is CC(=O)c1ccc(-n2c(O)c(C(=O)Nc3ccccc3)c3ccccc3c2=O)cc1. The van der Waals surface area contributed by atoms with Gasteiger partial charge in [0, 0.05) is 22.0 Å². The molecule has 2 N–H and O–H groups in total. The van der Waals surface area contributed by atoms with Crippen LogP contribution < -0.4 is 10.9 Å².